The first kappa shape index (κ1) is 17.7. The molecule has 0 spiro atoms. The Hall–Kier alpha value is -3.15. The minimum absolute atomic E-state index is 0.00478. The number of nitrogens with zero attached hydrogens (tertiary/aromatic N) is 1. The van der Waals surface area contributed by atoms with E-state index in [0.717, 1.165) is 6.42 Å². The summed E-state index contributed by atoms with van der Waals surface area (Å²) in [5, 5.41) is 2.79. The third kappa shape index (κ3) is 4.27. The van der Waals surface area contributed by atoms with E-state index in [-0.39, 0.29) is 24.2 Å². The van der Waals surface area contributed by atoms with Crippen molar-refractivity contribution in [2.45, 2.75) is 12.8 Å². The van der Waals surface area contributed by atoms with E-state index in [9.17, 15) is 14.4 Å². The molecule has 0 aromatic heterocycles. The summed E-state index contributed by atoms with van der Waals surface area (Å²) in [6, 6.07) is 16.3. The van der Waals surface area contributed by atoms with Gasteiger partial charge in [-0.2, -0.15) is 0 Å². The molecular formula is C20H21N3O3. The summed E-state index contributed by atoms with van der Waals surface area (Å²) in [5.74, 6) is -1.06. The molecule has 2 aromatic rings. The monoisotopic (exact) mass is 351 g/mol. The minimum Gasteiger partial charge on any atom is -0.366 e. The zero-order valence-corrected chi connectivity index (χ0v) is 14.4. The van der Waals surface area contributed by atoms with Crippen LogP contribution in [0.5, 0.6) is 0 Å². The average Bonchev–Trinajstić information content (AvgIpc) is 3.02. The first-order valence-corrected chi connectivity index (χ1v) is 8.55. The van der Waals surface area contributed by atoms with Gasteiger partial charge >= 0.3 is 0 Å². The van der Waals surface area contributed by atoms with Crippen LogP contribution in [0.3, 0.4) is 0 Å². The number of rotatable bonds is 6. The number of hydrogen-bond donors (Lipinski definition) is 2. The van der Waals surface area contributed by atoms with Gasteiger partial charge in [-0.25, -0.2) is 0 Å². The lowest BCUT2D eigenvalue weighted by molar-refractivity contribution is -0.128. The molecule has 1 saturated heterocycles. The fourth-order valence-electron chi connectivity index (χ4n) is 3.03. The van der Waals surface area contributed by atoms with Crippen molar-refractivity contribution in [3.05, 3.63) is 65.7 Å². The van der Waals surface area contributed by atoms with Crippen molar-refractivity contribution in [2.24, 2.45) is 11.7 Å². The van der Waals surface area contributed by atoms with Gasteiger partial charge in [-0.15, -0.1) is 0 Å². The van der Waals surface area contributed by atoms with E-state index in [1.165, 1.54) is 5.56 Å². The van der Waals surface area contributed by atoms with Crippen LogP contribution in [-0.4, -0.2) is 35.7 Å². The van der Waals surface area contributed by atoms with E-state index in [2.05, 4.69) is 5.32 Å². The van der Waals surface area contributed by atoms with Crippen LogP contribution in [0.25, 0.3) is 0 Å². The lowest BCUT2D eigenvalue weighted by Gasteiger charge is -2.16. The molecule has 2 aromatic carbocycles. The molecule has 3 rings (SSSR count). The minimum atomic E-state index is -0.515. The molecule has 3 amide bonds. The smallest absolute Gasteiger partial charge is 0.248 e. The molecule has 0 unspecified atom stereocenters. The summed E-state index contributed by atoms with van der Waals surface area (Å²) in [4.78, 5) is 37.4. The lowest BCUT2D eigenvalue weighted by Crippen LogP contribution is -2.30. The first-order valence-electron chi connectivity index (χ1n) is 8.55. The molecule has 134 valence electrons. The van der Waals surface area contributed by atoms with Crippen molar-refractivity contribution in [3.63, 3.8) is 0 Å². The van der Waals surface area contributed by atoms with Crippen LogP contribution < -0.4 is 11.1 Å². The number of nitrogens with two attached hydrogens (primary N) is 1. The number of amides is 3. The van der Waals surface area contributed by atoms with Crippen LogP contribution in [0, 0.1) is 5.92 Å². The number of hydrogen-bond acceptors (Lipinski definition) is 3. The molecule has 0 radical (unpaired) electrons. The van der Waals surface area contributed by atoms with Crippen LogP contribution >= 0.6 is 0 Å². The molecule has 0 aliphatic carbocycles. The van der Waals surface area contributed by atoms with Gasteiger partial charge in [0.05, 0.1) is 5.92 Å². The second-order valence-corrected chi connectivity index (χ2v) is 6.41. The van der Waals surface area contributed by atoms with Crippen LogP contribution in [0.2, 0.25) is 0 Å². The van der Waals surface area contributed by atoms with Crippen LogP contribution in [0.15, 0.2) is 54.6 Å². The quantitative estimate of drug-likeness (QED) is 0.831. The summed E-state index contributed by atoms with van der Waals surface area (Å²) in [6.07, 6.45) is 0.996. The van der Waals surface area contributed by atoms with Gasteiger partial charge < -0.3 is 16.0 Å². The number of carbonyl (C=O) groups is 3. The number of nitrogens with one attached hydrogen (secondary N) is 1. The second kappa shape index (κ2) is 7.82. The SMILES string of the molecule is NC(=O)c1ccc(NC(=O)[C@@H]2CC(=O)N(CCc3ccccc3)C2)cc1. The number of primary amides is 1. The summed E-state index contributed by atoms with van der Waals surface area (Å²) < 4.78 is 0. The maximum Gasteiger partial charge on any atom is 0.248 e. The number of benzene rings is 2. The number of carbonyl (C=O) groups excluding carboxylic acids is 3. The molecule has 1 aliphatic rings. The highest BCUT2D eigenvalue weighted by Crippen LogP contribution is 2.20. The van der Waals surface area contributed by atoms with Crippen molar-refractivity contribution in [1.82, 2.24) is 4.90 Å². The van der Waals surface area contributed by atoms with E-state index in [4.69, 9.17) is 5.73 Å². The van der Waals surface area contributed by atoms with Gasteiger partial charge in [-0.05, 0) is 36.2 Å². The Balaban J connectivity index is 1.54. The van der Waals surface area contributed by atoms with Crippen molar-refractivity contribution < 1.29 is 14.4 Å². The molecule has 6 heteroatoms. The maximum absolute atomic E-state index is 12.4. The van der Waals surface area contributed by atoms with E-state index in [1.54, 1.807) is 29.2 Å². The van der Waals surface area contributed by atoms with Gasteiger partial charge in [-0.3, -0.25) is 14.4 Å². The van der Waals surface area contributed by atoms with E-state index >= 15 is 0 Å². The summed E-state index contributed by atoms with van der Waals surface area (Å²) >= 11 is 0. The zero-order valence-electron chi connectivity index (χ0n) is 14.4. The standard InChI is InChI=1S/C20H21N3O3/c21-19(25)15-6-8-17(9-7-15)22-20(26)16-12-18(24)23(13-16)11-10-14-4-2-1-3-5-14/h1-9,16H,10-13H2,(H2,21,25)(H,22,26)/t16-/m1/s1. The Morgan fingerprint density at radius 2 is 1.77 bits per heavy atom. The van der Waals surface area contributed by atoms with Crippen molar-refractivity contribution in [1.29, 1.82) is 0 Å². The molecule has 1 heterocycles. The summed E-state index contributed by atoms with van der Waals surface area (Å²) in [5.41, 5.74) is 7.33. The molecule has 3 N–H and O–H groups in total. The Kier molecular flexibility index (Phi) is 5.31. The van der Waals surface area contributed by atoms with E-state index < -0.39 is 5.91 Å². The third-order valence-electron chi connectivity index (χ3n) is 4.54. The van der Waals surface area contributed by atoms with Crippen molar-refractivity contribution in [2.75, 3.05) is 18.4 Å². The van der Waals surface area contributed by atoms with Gasteiger partial charge in [0.15, 0.2) is 0 Å². The first-order chi connectivity index (χ1) is 12.5. The van der Waals surface area contributed by atoms with Crippen LogP contribution in [-0.2, 0) is 16.0 Å². The fraction of sp³-hybridized carbons (Fsp3) is 0.250. The van der Waals surface area contributed by atoms with Gasteiger partial charge in [0.2, 0.25) is 17.7 Å². The van der Waals surface area contributed by atoms with Gasteiger partial charge in [-0.1, -0.05) is 30.3 Å². The molecule has 0 saturated carbocycles. The summed E-state index contributed by atoms with van der Waals surface area (Å²) in [7, 11) is 0. The predicted molar refractivity (Wildman–Crippen MR) is 98.4 cm³/mol. The predicted octanol–water partition coefficient (Wildman–Crippen LogP) is 1.82. The van der Waals surface area contributed by atoms with Crippen LogP contribution in [0.4, 0.5) is 5.69 Å². The second-order valence-electron chi connectivity index (χ2n) is 6.41. The normalized spacial score (nSPS) is 16.5. The lowest BCUT2D eigenvalue weighted by atomic mass is 10.1. The molecule has 6 nitrogen and oxygen atoms in total. The Morgan fingerprint density at radius 3 is 2.42 bits per heavy atom. The van der Waals surface area contributed by atoms with Gasteiger partial charge in [0.25, 0.3) is 0 Å². The van der Waals surface area contributed by atoms with E-state index in [0.29, 0.717) is 24.3 Å². The number of anilines is 1. The Labute approximate surface area is 152 Å². The van der Waals surface area contributed by atoms with Gasteiger partial charge in [0, 0.05) is 30.8 Å². The molecule has 1 fully saturated rings. The highest BCUT2D eigenvalue weighted by molar-refractivity contribution is 5.98. The Morgan fingerprint density at radius 1 is 1.08 bits per heavy atom. The fourth-order valence-corrected chi connectivity index (χ4v) is 3.03. The highest BCUT2D eigenvalue weighted by atomic mass is 16.2. The Bertz CT molecular complexity index is 803. The third-order valence-corrected chi connectivity index (χ3v) is 4.54. The topological polar surface area (TPSA) is 92.5 Å². The summed E-state index contributed by atoms with van der Waals surface area (Å²) in [6.45, 7) is 1.04. The molecule has 1 aliphatic heterocycles. The molecule has 0 bridgehead atoms. The molecule has 1 atom stereocenters. The van der Waals surface area contributed by atoms with Crippen molar-refractivity contribution >= 4 is 23.4 Å². The zero-order chi connectivity index (χ0) is 18.5. The molecular weight excluding hydrogens is 330 g/mol. The number of likely N-dealkylation sites (tertiary alicyclic amines) is 1. The van der Waals surface area contributed by atoms with E-state index in [1.807, 2.05) is 30.3 Å². The van der Waals surface area contributed by atoms with Crippen molar-refractivity contribution in [3.8, 4) is 0 Å². The maximum atomic E-state index is 12.4. The largest absolute Gasteiger partial charge is 0.366 e. The molecule has 26 heavy (non-hydrogen) atoms. The average molecular weight is 351 g/mol. The highest BCUT2D eigenvalue weighted by Gasteiger charge is 2.33. The van der Waals surface area contributed by atoms with Gasteiger partial charge in [0.1, 0.15) is 0 Å². The van der Waals surface area contributed by atoms with Crippen LogP contribution in [0.1, 0.15) is 22.3 Å².